The molecular weight excluding hydrogens is 510 g/mol. The van der Waals surface area contributed by atoms with Crippen molar-refractivity contribution in [1.82, 2.24) is 19.0 Å². The molecule has 5 rings (SSSR count). The van der Waals surface area contributed by atoms with Crippen LogP contribution in [-0.4, -0.2) is 62.5 Å². The Morgan fingerprint density at radius 2 is 1.54 bits per heavy atom. The third-order valence-corrected chi connectivity index (χ3v) is 8.80. The molecule has 1 aliphatic rings. The first kappa shape index (κ1) is 26.9. The maximum Gasteiger partial charge on any atom is 0.279 e. The topological polar surface area (TPSA) is 90.6 Å². The summed E-state index contributed by atoms with van der Waals surface area (Å²) < 4.78 is 36.0. The molecule has 0 bridgehead atoms. The van der Waals surface area contributed by atoms with Gasteiger partial charge in [0.25, 0.3) is 10.2 Å². The van der Waals surface area contributed by atoms with Gasteiger partial charge in [-0.2, -0.15) is 12.7 Å². The molecule has 204 valence electrons. The van der Waals surface area contributed by atoms with E-state index in [0.29, 0.717) is 32.6 Å². The molecule has 4 aromatic rings. The molecule has 0 radical (unpaired) electrons. The Hall–Kier alpha value is -3.66. The first-order valence-corrected chi connectivity index (χ1v) is 14.6. The molecule has 0 spiro atoms. The molecule has 0 amide bonds. The minimum absolute atomic E-state index is 0.252. The minimum atomic E-state index is -3.61. The second-order valence-electron chi connectivity index (χ2n) is 9.78. The molecule has 2 N–H and O–H groups in total. The Bertz CT molecular complexity index is 1490. The number of hydrogen-bond donors (Lipinski definition) is 2. The Kier molecular flexibility index (Phi) is 8.02. The lowest BCUT2D eigenvalue weighted by Crippen LogP contribution is -2.52. The summed E-state index contributed by atoms with van der Waals surface area (Å²) in [5, 5.41) is 0. The van der Waals surface area contributed by atoms with Crippen LogP contribution in [0.4, 0.5) is 5.69 Å². The molecule has 1 aliphatic heterocycles. The smallest absolute Gasteiger partial charge is 0.279 e. The van der Waals surface area contributed by atoms with Gasteiger partial charge in [-0.3, -0.25) is 0 Å². The number of nitrogens with one attached hydrogen (secondary N) is 2. The average molecular weight is 546 g/mol. The minimum Gasteiger partial charge on any atom is -0.497 e. The molecule has 3 aromatic carbocycles. The summed E-state index contributed by atoms with van der Waals surface area (Å²) in [4.78, 5) is 10.6. The number of anilines is 1. The van der Waals surface area contributed by atoms with E-state index in [4.69, 9.17) is 9.72 Å². The van der Waals surface area contributed by atoms with E-state index < -0.39 is 10.2 Å². The van der Waals surface area contributed by atoms with Crippen molar-refractivity contribution in [3.8, 4) is 28.4 Å². The van der Waals surface area contributed by atoms with E-state index in [1.54, 1.807) is 11.4 Å². The van der Waals surface area contributed by atoms with E-state index >= 15 is 0 Å². The third kappa shape index (κ3) is 6.00. The number of hydrogen-bond acceptors (Lipinski definition) is 5. The molecule has 2 heterocycles. The van der Waals surface area contributed by atoms with Gasteiger partial charge in [0.1, 0.15) is 11.6 Å². The van der Waals surface area contributed by atoms with Crippen LogP contribution in [-0.2, 0) is 16.6 Å². The van der Waals surface area contributed by atoms with Crippen LogP contribution in [0.2, 0.25) is 0 Å². The number of aryl methyl sites for hydroxylation is 2. The van der Waals surface area contributed by atoms with Crippen molar-refractivity contribution in [1.29, 1.82) is 0 Å². The number of methoxy groups -OCH3 is 1. The number of H-pyrrole nitrogens is 1. The number of nitrogens with zero attached hydrogens (tertiary/aromatic N) is 3. The Labute approximate surface area is 230 Å². The van der Waals surface area contributed by atoms with Crippen LogP contribution in [0, 0.1) is 13.8 Å². The van der Waals surface area contributed by atoms with Crippen LogP contribution in [0.1, 0.15) is 16.8 Å². The highest BCUT2D eigenvalue weighted by atomic mass is 32.2. The number of ether oxygens (including phenoxy) is 1. The molecule has 0 unspecified atom stereocenters. The summed E-state index contributed by atoms with van der Waals surface area (Å²) in [5.74, 6) is 1.52. The second-order valence-corrected chi connectivity index (χ2v) is 11.5. The Balaban J connectivity index is 1.27. The molecule has 39 heavy (non-hydrogen) atoms. The van der Waals surface area contributed by atoms with Crippen molar-refractivity contribution in [3.05, 3.63) is 89.6 Å². The highest BCUT2D eigenvalue weighted by molar-refractivity contribution is 7.87. The number of piperazine rings is 1. The summed E-state index contributed by atoms with van der Waals surface area (Å²) in [6.45, 7) is 6.67. The van der Waals surface area contributed by atoms with E-state index in [2.05, 4.69) is 46.7 Å². The first-order valence-electron chi connectivity index (χ1n) is 13.2. The largest absolute Gasteiger partial charge is 0.497 e. The highest BCUT2D eigenvalue weighted by Crippen LogP contribution is 2.28. The zero-order valence-corrected chi connectivity index (χ0v) is 23.5. The first-order chi connectivity index (χ1) is 18.9. The fraction of sp³-hybridized carbons (Fsp3) is 0.300. The number of aromatic nitrogens is 2. The van der Waals surface area contributed by atoms with Gasteiger partial charge in [-0.05, 0) is 49.2 Å². The monoisotopic (exact) mass is 545 g/mol. The standard InChI is InChI=1S/C30H35N5O3S/c1-22-8-7-9-23(2)29(22)34-18-20-35(21-19-34)39(36,37)31-17-16-27-28(24-12-14-26(38-3)15-13-24)33-30(32-27)25-10-5-4-6-11-25/h4-15,31H,16-21H2,1-3H3,(H,32,33). The lowest BCUT2D eigenvalue weighted by molar-refractivity contribution is 0.378. The zero-order chi connectivity index (χ0) is 27.4. The summed E-state index contributed by atoms with van der Waals surface area (Å²) in [5.41, 5.74) is 7.25. The van der Waals surface area contributed by atoms with E-state index in [-0.39, 0.29) is 6.54 Å². The maximum absolute atomic E-state index is 13.2. The molecule has 0 saturated carbocycles. The number of benzene rings is 3. The van der Waals surface area contributed by atoms with Gasteiger partial charge >= 0.3 is 0 Å². The molecule has 1 aromatic heterocycles. The number of rotatable bonds is 9. The quantitative estimate of drug-likeness (QED) is 0.322. The van der Waals surface area contributed by atoms with Crippen molar-refractivity contribution < 1.29 is 13.2 Å². The summed E-state index contributed by atoms with van der Waals surface area (Å²) >= 11 is 0. The number of para-hydroxylation sites is 1. The lowest BCUT2D eigenvalue weighted by Gasteiger charge is -2.36. The van der Waals surface area contributed by atoms with Gasteiger partial charge in [-0.15, -0.1) is 0 Å². The van der Waals surface area contributed by atoms with Crippen LogP contribution in [0.5, 0.6) is 5.75 Å². The Morgan fingerprint density at radius 3 is 2.18 bits per heavy atom. The van der Waals surface area contributed by atoms with Crippen molar-refractivity contribution in [2.24, 2.45) is 0 Å². The van der Waals surface area contributed by atoms with Crippen LogP contribution in [0.15, 0.2) is 72.8 Å². The molecule has 0 aliphatic carbocycles. The second kappa shape index (κ2) is 11.6. The fourth-order valence-electron chi connectivity index (χ4n) is 5.17. The van der Waals surface area contributed by atoms with Gasteiger partial charge in [-0.1, -0.05) is 48.5 Å². The lowest BCUT2D eigenvalue weighted by atomic mass is 10.1. The highest BCUT2D eigenvalue weighted by Gasteiger charge is 2.28. The van der Waals surface area contributed by atoms with Crippen molar-refractivity contribution in [2.75, 3.05) is 44.7 Å². The van der Waals surface area contributed by atoms with E-state index in [0.717, 1.165) is 34.1 Å². The summed E-state index contributed by atoms with van der Waals surface area (Å²) in [7, 11) is -1.97. The summed E-state index contributed by atoms with van der Waals surface area (Å²) in [6.07, 6.45) is 0.451. The van der Waals surface area contributed by atoms with Gasteiger partial charge in [-0.25, -0.2) is 9.71 Å². The SMILES string of the molecule is COc1ccc(-c2[nH]c(-c3ccccc3)nc2CCNS(=O)(=O)N2CCN(c3c(C)cccc3C)CC2)cc1. The van der Waals surface area contributed by atoms with E-state index in [9.17, 15) is 8.42 Å². The van der Waals surface area contributed by atoms with Crippen molar-refractivity contribution in [3.63, 3.8) is 0 Å². The molecule has 9 heteroatoms. The maximum atomic E-state index is 13.2. The molecule has 1 saturated heterocycles. The molecule has 8 nitrogen and oxygen atoms in total. The predicted molar refractivity (Wildman–Crippen MR) is 156 cm³/mol. The van der Waals surface area contributed by atoms with Crippen LogP contribution >= 0.6 is 0 Å². The molecular formula is C30H35N5O3S. The Morgan fingerprint density at radius 1 is 0.872 bits per heavy atom. The number of imidazole rings is 1. The molecule has 1 fully saturated rings. The van der Waals surface area contributed by atoms with Gasteiger partial charge in [0.05, 0.1) is 18.5 Å². The third-order valence-electron chi connectivity index (χ3n) is 7.19. The van der Waals surface area contributed by atoms with Gasteiger partial charge in [0, 0.05) is 56.0 Å². The fourth-order valence-corrected chi connectivity index (χ4v) is 6.35. The van der Waals surface area contributed by atoms with Crippen LogP contribution in [0.25, 0.3) is 22.6 Å². The predicted octanol–water partition coefficient (Wildman–Crippen LogP) is 4.57. The zero-order valence-electron chi connectivity index (χ0n) is 22.6. The average Bonchev–Trinajstić information content (AvgIpc) is 3.38. The van der Waals surface area contributed by atoms with Gasteiger partial charge < -0.3 is 14.6 Å². The summed E-state index contributed by atoms with van der Waals surface area (Å²) in [6, 6.07) is 23.9. The van der Waals surface area contributed by atoms with Crippen LogP contribution < -0.4 is 14.4 Å². The van der Waals surface area contributed by atoms with Crippen molar-refractivity contribution in [2.45, 2.75) is 20.3 Å². The van der Waals surface area contributed by atoms with Crippen LogP contribution in [0.3, 0.4) is 0 Å². The van der Waals surface area contributed by atoms with Gasteiger partial charge in [0.2, 0.25) is 0 Å². The van der Waals surface area contributed by atoms with E-state index in [1.165, 1.54) is 16.8 Å². The van der Waals surface area contributed by atoms with Crippen molar-refractivity contribution >= 4 is 15.9 Å². The van der Waals surface area contributed by atoms with Gasteiger partial charge in [0.15, 0.2) is 0 Å². The normalized spacial score (nSPS) is 14.5. The molecule has 0 atom stereocenters. The number of aromatic amines is 1. The van der Waals surface area contributed by atoms with E-state index in [1.807, 2.05) is 54.6 Å².